The first-order chi connectivity index (χ1) is 11.2. The van der Waals surface area contributed by atoms with Gasteiger partial charge in [0.25, 0.3) is 0 Å². The van der Waals surface area contributed by atoms with Gasteiger partial charge in [-0.3, -0.25) is 0 Å². The highest BCUT2D eigenvalue weighted by molar-refractivity contribution is 7.95. The van der Waals surface area contributed by atoms with E-state index in [1.54, 1.807) is 0 Å². The highest BCUT2D eigenvalue weighted by atomic mass is 32.3. The number of halogens is 3. The molecule has 0 amide bonds. The zero-order chi connectivity index (χ0) is 17.5. The molecule has 0 bridgehead atoms. The lowest BCUT2D eigenvalue weighted by Gasteiger charge is -2.29. The summed E-state index contributed by atoms with van der Waals surface area (Å²) in [7, 11) is -2.60. The predicted octanol–water partition coefficient (Wildman–Crippen LogP) is 4.23. The first kappa shape index (κ1) is 17.1. The van der Waals surface area contributed by atoms with Crippen LogP contribution in [0, 0.1) is 0 Å². The molecule has 2 atom stereocenters. The second kappa shape index (κ2) is 5.98. The minimum Gasteiger partial charge on any atom is -0.593 e. The molecular formula is C17H16F3NO2S. The molecule has 2 aromatic rings. The van der Waals surface area contributed by atoms with E-state index in [-0.39, 0.29) is 10.9 Å². The van der Waals surface area contributed by atoms with E-state index < -0.39 is 22.1 Å². The maximum Gasteiger partial charge on any atom is 0.416 e. The summed E-state index contributed by atoms with van der Waals surface area (Å²) >= 11 is 0. The minimum atomic E-state index is -4.58. The predicted molar refractivity (Wildman–Crippen MR) is 83.8 cm³/mol. The van der Waals surface area contributed by atoms with Crippen molar-refractivity contribution in [1.29, 1.82) is 0 Å². The van der Waals surface area contributed by atoms with Crippen LogP contribution in [0.4, 0.5) is 13.2 Å². The molecule has 1 aliphatic rings. The molecule has 0 aliphatic heterocycles. The van der Waals surface area contributed by atoms with Gasteiger partial charge in [0.05, 0.1) is 11.6 Å². The van der Waals surface area contributed by atoms with E-state index in [1.807, 2.05) is 24.3 Å². The average molecular weight is 355 g/mol. The van der Waals surface area contributed by atoms with Gasteiger partial charge in [0.2, 0.25) is 0 Å². The van der Waals surface area contributed by atoms with Crippen LogP contribution in [-0.2, 0) is 27.2 Å². The number of sulfonamides is 1. The van der Waals surface area contributed by atoms with Crippen molar-refractivity contribution in [3.8, 4) is 0 Å². The number of nitrogens with zero attached hydrogens (tertiary/aromatic N) is 1. The van der Waals surface area contributed by atoms with Gasteiger partial charge in [-0.05, 0) is 36.1 Å². The van der Waals surface area contributed by atoms with Crippen molar-refractivity contribution in [2.45, 2.75) is 30.0 Å². The highest BCUT2D eigenvalue weighted by Gasteiger charge is 2.39. The lowest BCUT2D eigenvalue weighted by atomic mass is 10.1. The van der Waals surface area contributed by atoms with Gasteiger partial charge in [-0.25, -0.2) is 0 Å². The van der Waals surface area contributed by atoms with Crippen LogP contribution in [0.15, 0.2) is 53.4 Å². The fourth-order valence-electron chi connectivity index (χ4n) is 3.08. The molecule has 0 heterocycles. The number of hydrogen-bond donors (Lipinski definition) is 0. The Hall–Kier alpha value is -1.70. The smallest absolute Gasteiger partial charge is 0.416 e. The number of benzene rings is 2. The van der Waals surface area contributed by atoms with Gasteiger partial charge >= 0.3 is 6.18 Å². The van der Waals surface area contributed by atoms with E-state index in [9.17, 15) is 21.9 Å². The second-order valence-electron chi connectivity index (χ2n) is 5.80. The molecule has 0 saturated carbocycles. The molecule has 0 fully saturated rings. The maximum absolute atomic E-state index is 12.8. The van der Waals surface area contributed by atoms with Crippen LogP contribution >= 0.6 is 0 Å². The van der Waals surface area contributed by atoms with Crippen molar-refractivity contribution in [1.82, 2.24) is 4.31 Å². The van der Waals surface area contributed by atoms with Crippen LogP contribution in [0.5, 0.6) is 0 Å². The number of fused-ring (bicyclic) bond motifs is 1. The molecule has 0 spiro atoms. The van der Waals surface area contributed by atoms with Crippen LogP contribution in [0.1, 0.15) is 29.2 Å². The van der Waals surface area contributed by atoms with Crippen LogP contribution in [-0.4, -0.2) is 15.9 Å². The summed E-state index contributed by atoms with van der Waals surface area (Å²) in [5, 5.41) is 0. The topological polar surface area (TPSA) is 43.4 Å². The van der Waals surface area contributed by atoms with E-state index in [0.717, 1.165) is 29.7 Å². The zero-order valence-corrected chi connectivity index (χ0v) is 13.7. The molecule has 2 aromatic carbocycles. The fourth-order valence-corrected chi connectivity index (χ4v) is 4.49. The Balaban J connectivity index is 1.95. The Morgan fingerprint density at radius 3 is 2.58 bits per heavy atom. The fraction of sp³-hybridized carbons (Fsp3) is 0.294. The normalized spacial score (nSPS) is 20.0. The van der Waals surface area contributed by atoms with Crippen molar-refractivity contribution in [2.75, 3.05) is 7.05 Å². The standard InChI is InChI=1S/C17H16F3NO2S/c1-21(16-10-9-12-5-2-3-8-15(12)16)24(22,23)14-7-4-6-13(11-14)17(18,19)20/h2-8,11,16H,9-10H2,1H3. The molecule has 1 aliphatic carbocycles. The van der Waals surface area contributed by atoms with E-state index in [4.69, 9.17) is 0 Å². The first-order valence-electron chi connectivity index (χ1n) is 7.44. The van der Waals surface area contributed by atoms with Gasteiger partial charge in [-0.1, -0.05) is 34.5 Å². The molecule has 0 N–H and O–H groups in total. The summed E-state index contributed by atoms with van der Waals surface area (Å²) in [6.07, 6.45) is -3.21. The summed E-state index contributed by atoms with van der Waals surface area (Å²) in [5.41, 5.74) is 1.02. The Bertz CT molecular complexity index is 806. The molecule has 7 heteroatoms. The van der Waals surface area contributed by atoms with Gasteiger partial charge in [0, 0.05) is 13.1 Å². The third kappa shape index (κ3) is 2.99. The highest BCUT2D eigenvalue weighted by Crippen LogP contribution is 2.40. The van der Waals surface area contributed by atoms with E-state index >= 15 is 0 Å². The summed E-state index contributed by atoms with van der Waals surface area (Å²) in [5.74, 6) is 0. The van der Waals surface area contributed by atoms with Crippen LogP contribution in [0.3, 0.4) is 0 Å². The largest absolute Gasteiger partial charge is 0.593 e. The van der Waals surface area contributed by atoms with Gasteiger partial charge in [0.15, 0.2) is 15.3 Å². The van der Waals surface area contributed by atoms with E-state index in [2.05, 4.69) is 0 Å². The van der Waals surface area contributed by atoms with Gasteiger partial charge in [-0.2, -0.15) is 13.2 Å². The van der Waals surface area contributed by atoms with Crippen LogP contribution in [0.25, 0.3) is 0 Å². The summed E-state index contributed by atoms with van der Waals surface area (Å²) in [6.45, 7) is 0. The summed E-state index contributed by atoms with van der Waals surface area (Å²) in [6, 6.07) is 11.0. The molecule has 24 heavy (non-hydrogen) atoms. The second-order valence-corrected chi connectivity index (χ2v) is 7.80. The van der Waals surface area contributed by atoms with Gasteiger partial charge < -0.3 is 4.55 Å². The Kier molecular flexibility index (Phi) is 4.27. The van der Waals surface area contributed by atoms with Gasteiger partial charge in [0.1, 0.15) is 0 Å². The molecule has 0 radical (unpaired) electrons. The van der Waals surface area contributed by atoms with Crippen molar-refractivity contribution < 1.29 is 21.9 Å². The molecule has 2 unspecified atom stereocenters. The molecule has 3 rings (SSSR count). The molecular weight excluding hydrogens is 339 g/mol. The molecule has 128 valence electrons. The van der Waals surface area contributed by atoms with Crippen molar-refractivity contribution in [2.24, 2.45) is 0 Å². The number of alkyl halides is 3. The SMILES string of the molecule is CN(C1CCc2ccccc21)[S+](=O)([O-])c1cccc(C(F)(F)F)c1. The van der Waals surface area contributed by atoms with Crippen LogP contribution < -0.4 is 0 Å². The maximum atomic E-state index is 12.8. The number of hydrogen-bond acceptors (Lipinski definition) is 2. The number of rotatable bonds is 3. The lowest BCUT2D eigenvalue weighted by molar-refractivity contribution is -0.137. The lowest BCUT2D eigenvalue weighted by Crippen LogP contribution is -2.35. The monoisotopic (exact) mass is 355 g/mol. The number of aryl methyl sites for hydroxylation is 1. The molecule has 0 saturated heterocycles. The van der Waals surface area contributed by atoms with Crippen molar-refractivity contribution in [3.05, 3.63) is 65.2 Å². The van der Waals surface area contributed by atoms with Crippen molar-refractivity contribution in [3.63, 3.8) is 0 Å². The van der Waals surface area contributed by atoms with Crippen molar-refractivity contribution >= 4 is 10.4 Å². The van der Waals surface area contributed by atoms with E-state index in [1.165, 1.54) is 17.4 Å². The first-order valence-corrected chi connectivity index (χ1v) is 8.88. The Morgan fingerprint density at radius 1 is 1.17 bits per heavy atom. The summed E-state index contributed by atoms with van der Waals surface area (Å²) < 4.78 is 65.2. The zero-order valence-electron chi connectivity index (χ0n) is 12.9. The molecule has 3 nitrogen and oxygen atoms in total. The van der Waals surface area contributed by atoms with E-state index in [0.29, 0.717) is 12.5 Å². The summed E-state index contributed by atoms with van der Waals surface area (Å²) in [4.78, 5) is -0.343. The van der Waals surface area contributed by atoms with Gasteiger partial charge in [-0.15, -0.1) is 4.31 Å². The Labute approximate surface area is 139 Å². The molecule has 0 aromatic heterocycles. The average Bonchev–Trinajstić information content (AvgIpc) is 2.97. The Morgan fingerprint density at radius 2 is 1.88 bits per heavy atom. The van der Waals surface area contributed by atoms with Crippen LogP contribution in [0.2, 0.25) is 0 Å². The third-order valence-corrected chi connectivity index (χ3v) is 6.24. The third-order valence-electron chi connectivity index (χ3n) is 4.38. The minimum absolute atomic E-state index is 0.343. The quantitative estimate of drug-likeness (QED) is 0.774.